The molecule has 0 radical (unpaired) electrons. The van der Waals surface area contributed by atoms with Gasteiger partial charge in [-0.05, 0) is 31.2 Å². The van der Waals surface area contributed by atoms with Gasteiger partial charge in [-0.3, -0.25) is 9.67 Å². The predicted octanol–water partition coefficient (Wildman–Crippen LogP) is 2.24. The van der Waals surface area contributed by atoms with Crippen LogP contribution in [0.25, 0.3) is 11.3 Å². The van der Waals surface area contributed by atoms with Crippen LogP contribution in [0.3, 0.4) is 0 Å². The van der Waals surface area contributed by atoms with Crippen LogP contribution < -0.4 is 5.32 Å². The summed E-state index contributed by atoms with van der Waals surface area (Å²) in [6, 6.07) is 7.83. The van der Waals surface area contributed by atoms with Gasteiger partial charge in [0, 0.05) is 42.6 Å². The number of nitrogens with zero attached hydrogens (tertiary/aromatic N) is 5. The number of hydrogen-bond donors (Lipinski definition) is 1. The zero-order valence-corrected chi connectivity index (χ0v) is 11.7. The second kappa shape index (κ2) is 6.13. The van der Waals surface area contributed by atoms with Gasteiger partial charge in [0.05, 0.1) is 12.2 Å². The van der Waals surface area contributed by atoms with Crippen LogP contribution in [0, 0.1) is 0 Å². The van der Waals surface area contributed by atoms with E-state index in [0.29, 0.717) is 5.95 Å². The van der Waals surface area contributed by atoms with Crippen molar-refractivity contribution in [2.45, 2.75) is 19.5 Å². The Balaban J connectivity index is 1.71. The van der Waals surface area contributed by atoms with Crippen molar-refractivity contribution in [3.05, 3.63) is 55.2 Å². The summed E-state index contributed by atoms with van der Waals surface area (Å²) in [5.74, 6) is 0.607. The van der Waals surface area contributed by atoms with Gasteiger partial charge < -0.3 is 5.32 Å². The van der Waals surface area contributed by atoms with E-state index < -0.39 is 0 Å². The second-order valence-electron chi connectivity index (χ2n) is 4.78. The average molecular weight is 280 g/mol. The van der Waals surface area contributed by atoms with E-state index >= 15 is 0 Å². The Morgan fingerprint density at radius 3 is 2.90 bits per heavy atom. The summed E-state index contributed by atoms with van der Waals surface area (Å²) >= 11 is 0. The molecule has 0 aliphatic heterocycles. The molecule has 1 atom stereocenters. The largest absolute Gasteiger partial charge is 0.350 e. The molecule has 0 unspecified atom stereocenters. The van der Waals surface area contributed by atoms with Crippen LogP contribution in [-0.2, 0) is 6.54 Å². The molecule has 3 aromatic heterocycles. The first-order valence-corrected chi connectivity index (χ1v) is 6.79. The lowest BCUT2D eigenvalue weighted by Gasteiger charge is -2.14. The van der Waals surface area contributed by atoms with Gasteiger partial charge >= 0.3 is 0 Å². The monoisotopic (exact) mass is 280 g/mol. The van der Waals surface area contributed by atoms with Gasteiger partial charge in [0.15, 0.2) is 0 Å². The molecule has 6 heteroatoms. The molecule has 0 aromatic carbocycles. The summed E-state index contributed by atoms with van der Waals surface area (Å²) in [7, 11) is 0. The number of aromatic nitrogens is 5. The highest BCUT2D eigenvalue weighted by Gasteiger charge is 2.07. The topological polar surface area (TPSA) is 68.5 Å². The van der Waals surface area contributed by atoms with Gasteiger partial charge in [0.2, 0.25) is 5.95 Å². The Bertz CT molecular complexity index is 680. The fourth-order valence-corrected chi connectivity index (χ4v) is 2.06. The van der Waals surface area contributed by atoms with Crippen LogP contribution in [0.15, 0.2) is 55.2 Å². The van der Waals surface area contributed by atoms with Crippen LogP contribution in [0.1, 0.15) is 6.92 Å². The molecule has 106 valence electrons. The smallest absolute Gasteiger partial charge is 0.223 e. The lowest BCUT2D eigenvalue weighted by Crippen LogP contribution is -2.23. The van der Waals surface area contributed by atoms with E-state index in [2.05, 4.69) is 32.3 Å². The van der Waals surface area contributed by atoms with E-state index in [1.807, 2.05) is 35.1 Å². The average Bonchev–Trinajstić information content (AvgIpc) is 3.01. The van der Waals surface area contributed by atoms with Gasteiger partial charge in [-0.15, -0.1) is 0 Å². The second-order valence-corrected chi connectivity index (χ2v) is 4.78. The van der Waals surface area contributed by atoms with Crippen molar-refractivity contribution >= 4 is 5.95 Å². The zero-order valence-electron chi connectivity index (χ0n) is 11.7. The fourth-order valence-electron chi connectivity index (χ4n) is 2.06. The molecule has 0 spiro atoms. The molecule has 3 aromatic rings. The fraction of sp³-hybridized carbons (Fsp3) is 0.200. The highest BCUT2D eigenvalue weighted by atomic mass is 15.3. The first-order chi connectivity index (χ1) is 10.3. The summed E-state index contributed by atoms with van der Waals surface area (Å²) < 4.78 is 1.88. The predicted molar refractivity (Wildman–Crippen MR) is 80.6 cm³/mol. The van der Waals surface area contributed by atoms with E-state index in [-0.39, 0.29) is 6.04 Å². The lowest BCUT2D eigenvalue weighted by molar-refractivity contribution is 0.558. The van der Waals surface area contributed by atoms with Crippen molar-refractivity contribution in [3.63, 3.8) is 0 Å². The molecule has 0 saturated heterocycles. The van der Waals surface area contributed by atoms with Crippen LogP contribution >= 0.6 is 0 Å². The molecule has 6 nitrogen and oxygen atoms in total. The maximum atomic E-state index is 4.52. The number of nitrogens with one attached hydrogen (secondary N) is 1. The van der Waals surface area contributed by atoms with Crippen LogP contribution in [0.2, 0.25) is 0 Å². The van der Waals surface area contributed by atoms with Gasteiger partial charge in [-0.2, -0.15) is 5.10 Å². The third-order valence-electron chi connectivity index (χ3n) is 3.01. The molecule has 3 rings (SSSR count). The SMILES string of the molecule is C[C@H](Cn1cccn1)Nc1nccc(-c2cccnc2)n1. The molecule has 0 bridgehead atoms. The van der Waals surface area contributed by atoms with Gasteiger partial charge in [0.25, 0.3) is 0 Å². The van der Waals surface area contributed by atoms with Crippen LogP contribution in [-0.4, -0.2) is 30.8 Å². The summed E-state index contributed by atoms with van der Waals surface area (Å²) in [6.45, 7) is 2.83. The maximum Gasteiger partial charge on any atom is 0.223 e. The van der Waals surface area contributed by atoms with E-state index in [0.717, 1.165) is 17.8 Å². The van der Waals surface area contributed by atoms with Crippen molar-refractivity contribution in [3.8, 4) is 11.3 Å². The van der Waals surface area contributed by atoms with Crippen molar-refractivity contribution in [2.24, 2.45) is 0 Å². The molecule has 1 N–H and O–H groups in total. The molecular formula is C15H16N6. The van der Waals surface area contributed by atoms with Crippen LogP contribution in [0.4, 0.5) is 5.95 Å². The number of rotatable bonds is 5. The van der Waals surface area contributed by atoms with Gasteiger partial charge in [0.1, 0.15) is 0 Å². The van der Waals surface area contributed by atoms with E-state index in [9.17, 15) is 0 Å². The molecule has 21 heavy (non-hydrogen) atoms. The molecular weight excluding hydrogens is 264 g/mol. The Kier molecular flexibility index (Phi) is 3.86. The summed E-state index contributed by atoms with van der Waals surface area (Å²) in [6.07, 6.45) is 8.99. The first-order valence-electron chi connectivity index (χ1n) is 6.79. The minimum atomic E-state index is 0.175. The van der Waals surface area contributed by atoms with E-state index in [1.54, 1.807) is 24.8 Å². The van der Waals surface area contributed by atoms with E-state index in [4.69, 9.17) is 0 Å². The van der Waals surface area contributed by atoms with Gasteiger partial charge in [-0.1, -0.05) is 0 Å². The van der Waals surface area contributed by atoms with Crippen molar-refractivity contribution < 1.29 is 0 Å². The third kappa shape index (κ3) is 3.42. The van der Waals surface area contributed by atoms with E-state index in [1.165, 1.54) is 0 Å². The normalized spacial score (nSPS) is 12.0. The first kappa shape index (κ1) is 13.2. The van der Waals surface area contributed by atoms with Crippen molar-refractivity contribution in [1.29, 1.82) is 0 Å². The quantitative estimate of drug-likeness (QED) is 0.776. The summed E-state index contributed by atoms with van der Waals surface area (Å²) in [4.78, 5) is 12.9. The van der Waals surface area contributed by atoms with Crippen molar-refractivity contribution in [2.75, 3.05) is 5.32 Å². The highest BCUT2D eigenvalue weighted by molar-refractivity contribution is 5.58. The Morgan fingerprint density at radius 2 is 2.14 bits per heavy atom. The minimum Gasteiger partial charge on any atom is -0.350 e. The molecule has 0 fully saturated rings. The van der Waals surface area contributed by atoms with Gasteiger partial charge in [-0.25, -0.2) is 9.97 Å². The molecule has 0 aliphatic carbocycles. The highest BCUT2D eigenvalue weighted by Crippen LogP contribution is 2.16. The zero-order chi connectivity index (χ0) is 14.5. The minimum absolute atomic E-state index is 0.175. The van der Waals surface area contributed by atoms with Crippen molar-refractivity contribution in [1.82, 2.24) is 24.7 Å². The number of hydrogen-bond acceptors (Lipinski definition) is 5. The third-order valence-corrected chi connectivity index (χ3v) is 3.01. The van der Waals surface area contributed by atoms with Crippen LogP contribution in [0.5, 0.6) is 0 Å². The number of anilines is 1. The molecule has 0 amide bonds. The molecule has 3 heterocycles. The Morgan fingerprint density at radius 1 is 1.19 bits per heavy atom. The summed E-state index contributed by atoms with van der Waals surface area (Å²) in [5, 5.41) is 7.48. The Hall–Kier alpha value is -2.76. The maximum absolute atomic E-state index is 4.52. The summed E-state index contributed by atoms with van der Waals surface area (Å²) in [5.41, 5.74) is 1.83. The standard InChI is InChI=1S/C15H16N6/c1-12(11-21-9-3-7-18-21)19-15-17-8-5-14(20-15)13-4-2-6-16-10-13/h2-10,12H,11H2,1H3,(H,17,19,20)/t12-/m1/s1. The molecule has 0 aliphatic rings. The lowest BCUT2D eigenvalue weighted by atomic mass is 10.2. The Labute approximate surface area is 122 Å². The molecule has 0 saturated carbocycles. The number of pyridine rings is 1.